The number of fused-ring (bicyclic) bond motifs is 1. The Morgan fingerprint density at radius 1 is 1.10 bits per heavy atom. The molecule has 8 nitrogen and oxygen atoms in total. The molecule has 0 saturated carbocycles. The standard InChI is InChI=1S/C21H14FN5O3/c22-14-8-6-13(7-9-14)18-24-21(30-26-18)16-17(28)15-10-23-27(19(15)25-20(16)29)11-12-4-2-1-3-5-12/h1-10H,11H2,(H2,25,28,29). The van der Waals surface area contributed by atoms with E-state index in [1.54, 1.807) is 4.68 Å². The summed E-state index contributed by atoms with van der Waals surface area (Å²) in [4.78, 5) is 19.6. The minimum atomic E-state index is -0.593. The average molecular weight is 403 g/mol. The van der Waals surface area contributed by atoms with Crippen LogP contribution in [0.2, 0.25) is 0 Å². The third kappa shape index (κ3) is 3.02. The Balaban J connectivity index is 1.56. The molecule has 0 amide bonds. The Labute approximate surface area is 168 Å². The van der Waals surface area contributed by atoms with E-state index in [9.17, 15) is 14.3 Å². The van der Waals surface area contributed by atoms with E-state index in [4.69, 9.17) is 4.52 Å². The van der Waals surface area contributed by atoms with E-state index < -0.39 is 11.4 Å². The first kappa shape index (κ1) is 17.8. The van der Waals surface area contributed by atoms with E-state index in [0.717, 1.165) is 5.56 Å². The number of aromatic amines is 1. The van der Waals surface area contributed by atoms with Gasteiger partial charge in [0.25, 0.3) is 11.4 Å². The van der Waals surface area contributed by atoms with Crippen molar-refractivity contribution >= 4 is 11.0 Å². The number of aromatic hydroxyl groups is 1. The van der Waals surface area contributed by atoms with Gasteiger partial charge in [0.1, 0.15) is 22.8 Å². The maximum Gasteiger partial charge on any atom is 0.267 e. The molecular formula is C21H14FN5O3. The van der Waals surface area contributed by atoms with Gasteiger partial charge in [-0.25, -0.2) is 9.07 Å². The predicted octanol–water partition coefficient (Wildman–Crippen LogP) is 3.33. The summed E-state index contributed by atoms with van der Waals surface area (Å²) in [6.45, 7) is 0.425. The molecule has 3 heterocycles. The number of nitrogens with zero attached hydrogens (tertiary/aromatic N) is 4. The quantitative estimate of drug-likeness (QED) is 0.476. The number of nitrogens with one attached hydrogen (secondary N) is 1. The van der Waals surface area contributed by atoms with Gasteiger partial charge in [0, 0.05) is 5.56 Å². The minimum absolute atomic E-state index is 0.147. The van der Waals surface area contributed by atoms with Crippen LogP contribution in [0.25, 0.3) is 33.9 Å². The van der Waals surface area contributed by atoms with Crippen molar-refractivity contribution in [3.63, 3.8) is 0 Å². The summed E-state index contributed by atoms with van der Waals surface area (Å²) in [6, 6.07) is 15.1. The van der Waals surface area contributed by atoms with Crippen LogP contribution in [-0.2, 0) is 6.54 Å². The van der Waals surface area contributed by atoms with Crippen molar-refractivity contribution in [3.8, 4) is 28.6 Å². The minimum Gasteiger partial charge on any atom is -0.506 e. The van der Waals surface area contributed by atoms with Gasteiger partial charge >= 0.3 is 0 Å². The molecular weight excluding hydrogens is 389 g/mol. The molecule has 3 aromatic heterocycles. The summed E-state index contributed by atoms with van der Waals surface area (Å²) < 4.78 is 19.9. The van der Waals surface area contributed by atoms with Crippen LogP contribution in [0.5, 0.6) is 5.75 Å². The SMILES string of the molecule is O=c1[nH]c2c(cnn2Cc2ccccc2)c(O)c1-c1nc(-c2ccc(F)cc2)no1. The topological polar surface area (TPSA) is 110 Å². The number of hydrogen-bond donors (Lipinski definition) is 2. The zero-order chi connectivity index (χ0) is 20.7. The normalized spacial score (nSPS) is 11.2. The van der Waals surface area contributed by atoms with E-state index in [1.165, 1.54) is 30.5 Å². The van der Waals surface area contributed by atoms with E-state index >= 15 is 0 Å². The van der Waals surface area contributed by atoms with Crippen LogP contribution in [0, 0.1) is 5.82 Å². The van der Waals surface area contributed by atoms with Crippen molar-refractivity contribution in [2.24, 2.45) is 0 Å². The van der Waals surface area contributed by atoms with Crippen LogP contribution in [0.1, 0.15) is 5.56 Å². The fourth-order valence-electron chi connectivity index (χ4n) is 3.22. The molecule has 0 bridgehead atoms. The second-order valence-corrected chi connectivity index (χ2v) is 6.66. The Bertz CT molecular complexity index is 1400. The zero-order valence-corrected chi connectivity index (χ0v) is 15.4. The van der Waals surface area contributed by atoms with Gasteiger partial charge in [-0.2, -0.15) is 10.1 Å². The van der Waals surface area contributed by atoms with E-state index in [1.807, 2.05) is 30.3 Å². The maximum absolute atomic E-state index is 13.1. The van der Waals surface area contributed by atoms with Crippen LogP contribution >= 0.6 is 0 Å². The van der Waals surface area contributed by atoms with Crippen molar-refractivity contribution < 1.29 is 14.0 Å². The summed E-state index contributed by atoms with van der Waals surface area (Å²) in [7, 11) is 0. The number of halogens is 1. The van der Waals surface area contributed by atoms with Gasteiger partial charge < -0.3 is 14.6 Å². The van der Waals surface area contributed by atoms with E-state index in [-0.39, 0.29) is 23.0 Å². The van der Waals surface area contributed by atoms with Crippen LogP contribution in [0.3, 0.4) is 0 Å². The molecule has 0 aliphatic heterocycles. The van der Waals surface area contributed by atoms with E-state index in [0.29, 0.717) is 23.1 Å². The second kappa shape index (κ2) is 6.96. The maximum atomic E-state index is 13.1. The summed E-state index contributed by atoms with van der Waals surface area (Å²) in [5, 5.41) is 19.2. The van der Waals surface area contributed by atoms with Gasteiger partial charge in [0.15, 0.2) is 0 Å². The molecule has 2 N–H and O–H groups in total. The van der Waals surface area contributed by atoms with E-state index in [2.05, 4.69) is 20.2 Å². The largest absolute Gasteiger partial charge is 0.506 e. The van der Waals surface area contributed by atoms with Gasteiger partial charge in [-0.3, -0.25) is 4.79 Å². The third-order valence-corrected chi connectivity index (χ3v) is 4.71. The van der Waals surface area contributed by atoms with Gasteiger partial charge in [-0.1, -0.05) is 35.5 Å². The average Bonchev–Trinajstić information content (AvgIpc) is 3.38. The van der Waals surface area contributed by atoms with Gasteiger partial charge in [0.05, 0.1) is 18.1 Å². The molecule has 0 aliphatic rings. The Morgan fingerprint density at radius 3 is 2.63 bits per heavy atom. The molecule has 0 saturated heterocycles. The molecule has 0 spiro atoms. The van der Waals surface area contributed by atoms with Crippen LogP contribution in [0.4, 0.5) is 4.39 Å². The fourth-order valence-corrected chi connectivity index (χ4v) is 3.22. The van der Waals surface area contributed by atoms with Gasteiger partial charge in [-0.05, 0) is 29.8 Å². The molecule has 0 atom stereocenters. The van der Waals surface area contributed by atoms with Crippen molar-refractivity contribution in [3.05, 3.63) is 82.5 Å². The lowest BCUT2D eigenvalue weighted by Crippen LogP contribution is -2.12. The molecule has 0 radical (unpaired) electrons. The fraction of sp³-hybridized carbons (Fsp3) is 0.0476. The lowest BCUT2D eigenvalue weighted by molar-refractivity contribution is 0.426. The molecule has 0 fully saturated rings. The first-order valence-electron chi connectivity index (χ1n) is 9.05. The predicted molar refractivity (Wildman–Crippen MR) is 106 cm³/mol. The molecule has 2 aromatic carbocycles. The first-order chi connectivity index (χ1) is 14.6. The molecule has 9 heteroatoms. The Morgan fingerprint density at radius 2 is 1.87 bits per heavy atom. The number of pyridine rings is 1. The first-order valence-corrected chi connectivity index (χ1v) is 9.05. The van der Waals surface area contributed by atoms with Gasteiger partial charge in [0.2, 0.25) is 5.82 Å². The molecule has 0 aliphatic carbocycles. The molecule has 5 aromatic rings. The van der Waals surface area contributed by atoms with Crippen molar-refractivity contribution in [1.82, 2.24) is 24.9 Å². The van der Waals surface area contributed by atoms with Crippen molar-refractivity contribution in [2.75, 3.05) is 0 Å². The Hall–Kier alpha value is -4.27. The van der Waals surface area contributed by atoms with Crippen LogP contribution in [-0.4, -0.2) is 30.0 Å². The summed E-state index contributed by atoms with van der Waals surface area (Å²) in [5.41, 5.74) is 1.14. The third-order valence-electron chi connectivity index (χ3n) is 4.71. The number of H-pyrrole nitrogens is 1. The highest BCUT2D eigenvalue weighted by atomic mass is 19.1. The van der Waals surface area contributed by atoms with Crippen molar-refractivity contribution in [2.45, 2.75) is 6.54 Å². The molecule has 5 rings (SSSR count). The number of aromatic nitrogens is 5. The summed E-state index contributed by atoms with van der Waals surface area (Å²) >= 11 is 0. The lowest BCUT2D eigenvalue weighted by Gasteiger charge is -2.05. The van der Waals surface area contributed by atoms with Crippen LogP contribution in [0.15, 0.2) is 70.1 Å². The van der Waals surface area contributed by atoms with Crippen molar-refractivity contribution in [1.29, 1.82) is 0 Å². The van der Waals surface area contributed by atoms with Crippen LogP contribution < -0.4 is 5.56 Å². The molecule has 148 valence electrons. The summed E-state index contributed by atoms with van der Waals surface area (Å²) in [5.74, 6) is -0.675. The Kier molecular flexibility index (Phi) is 4.13. The molecule has 0 unspecified atom stereocenters. The highest BCUT2D eigenvalue weighted by Crippen LogP contribution is 2.32. The number of benzene rings is 2. The van der Waals surface area contributed by atoms with Gasteiger partial charge in [-0.15, -0.1) is 0 Å². The monoisotopic (exact) mass is 403 g/mol. The lowest BCUT2D eigenvalue weighted by atomic mass is 10.2. The highest BCUT2D eigenvalue weighted by Gasteiger charge is 2.22. The molecule has 30 heavy (non-hydrogen) atoms. The number of rotatable bonds is 4. The number of hydrogen-bond acceptors (Lipinski definition) is 6. The zero-order valence-electron chi connectivity index (χ0n) is 15.4. The summed E-state index contributed by atoms with van der Waals surface area (Å²) in [6.07, 6.45) is 1.46. The smallest absolute Gasteiger partial charge is 0.267 e. The highest BCUT2D eigenvalue weighted by molar-refractivity contribution is 5.88. The second-order valence-electron chi connectivity index (χ2n) is 6.66.